The van der Waals surface area contributed by atoms with Crippen molar-refractivity contribution in [3.8, 4) is 0 Å². The van der Waals surface area contributed by atoms with Crippen LogP contribution in [0.2, 0.25) is 0 Å². The van der Waals surface area contributed by atoms with Crippen LogP contribution in [0.1, 0.15) is 31.8 Å². The summed E-state index contributed by atoms with van der Waals surface area (Å²) in [6.45, 7) is 1.92. The molecule has 0 unspecified atom stereocenters. The fraction of sp³-hybridized carbons (Fsp3) is 0.0909. The number of amides is 1. The first-order valence-corrected chi connectivity index (χ1v) is 9.38. The summed E-state index contributed by atoms with van der Waals surface area (Å²) >= 11 is 0. The monoisotopic (exact) mass is 434 g/mol. The van der Waals surface area contributed by atoms with Crippen LogP contribution in [-0.4, -0.2) is 21.5 Å². The number of aryl methyl sites for hydroxylation is 1. The Balaban J connectivity index is 1.77. The van der Waals surface area contributed by atoms with E-state index in [0.29, 0.717) is 11.1 Å². The summed E-state index contributed by atoms with van der Waals surface area (Å²) < 4.78 is 0. The number of hydrogen-bond donors (Lipinski definition) is 2. The number of rotatable bonds is 7. The van der Waals surface area contributed by atoms with Crippen molar-refractivity contribution in [3.63, 3.8) is 0 Å². The Morgan fingerprint density at radius 2 is 1.62 bits per heavy atom. The van der Waals surface area contributed by atoms with E-state index in [9.17, 15) is 29.8 Å². The number of Topliss-reactive ketones (excluding diaryl/α,β-unsaturated/α-hetero) is 1. The fourth-order valence-corrected chi connectivity index (χ4v) is 3.02. The molecule has 0 saturated carbocycles. The number of carbonyl (C=O) groups is 2. The second-order valence-corrected chi connectivity index (χ2v) is 7.05. The number of nitrogen functional groups attached to an aromatic ring is 1. The Labute approximate surface area is 182 Å². The number of nitrogens with one attached hydrogen (secondary N) is 1. The zero-order valence-electron chi connectivity index (χ0n) is 16.9. The second kappa shape index (κ2) is 9.04. The SMILES string of the molecule is Cc1ccc(C(=O)Cc2ccc(NC(=O)c3ccc([N+](=O)[O-])cc3[N+](=O)[O-])cc2N)cc1. The molecule has 3 N–H and O–H groups in total. The van der Waals surface area contributed by atoms with E-state index in [4.69, 9.17) is 5.73 Å². The van der Waals surface area contributed by atoms with E-state index in [1.54, 1.807) is 18.2 Å². The quantitative estimate of drug-likeness (QED) is 0.245. The molecule has 0 bridgehead atoms. The molecule has 10 nitrogen and oxygen atoms in total. The summed E-state index contributed by atoms with van der Waals surface area (Å²) in [5.74, 6) is -0.940. The van der Waals surface area contributed by atoms with Gasteiger partial charge in [0.05, 0.1) is 15.9 Å². The van der Waals surface area contributed by atoms with Crippen molar-refractivity contribution in [2.45, 2.75) is 13.3 Å². The third-order valence-corrected chi connectivity index (χ3v) is 4.76. The van der Waals surface area contributed by atoms with Gasteiger partial charge in [0.1, 0.15) is 5.56 Å². The van der Waals surface area contributed by atoms with Crippen molar-refractivity contribution in [1.29, 1.82) is 0 Å². The summed E-state index contributed by atoms with van der Waals surface area (Å²) in [6.07, 6.45) is 0.0664. The lowest BCUT2D eigenvalue weighted by atomic mass is 10.0. The van der Waals surface area contributed by atoms with Gasteiger partial charge in [0, 0.05) is 29.4 Å². The van der Waals surface area contributed by atoms with Crippen LogP contribution in [-0.2, 0) is 6.42 Å². The van der Waals surface area contributed by atoms with E-state index in [2.05, 4.69) is 5.32 Å². The van der Waals surface area contributed by atoms with E-state index >= 15 is 0 Å². The van der Waals surface area contributed by atoms with Crippen LogP contribution in [0.4, 0.5) is 22.7 Å². The molecule has 0 heterocycles. The Kier molecular flexibility index (Phi) is 6.24. The van der Waals surface area contributed by atoms with Crippen molar-refractivity contribution >= 4 is 34.4 Å². The Hall–Kier alpha value is -4.60. The number of nitro groups is 2. The van der Waals surface area contributed by atoms with E-state index in [1.165, 1.54) is 12.1 Å². The Bertz CT molecular complexity index is 1240. The number of nitrogens with two attached hydrogens (primary N) is 1. The van der Waals surface area contributed by atoms with Crippen molar-refractivity contribution in [2.24, 2.45) is 0 Å². The maximum atomic E-state index is 12.5. The summed E-state index contributed by atoms with van der Waals surface area (Å²) in [7, 11) is 0. The van der Waals surface area contributed by atoms with E-state index in [0.717, 1.165) is 23.8 Å². The number of nitro benzene ring substituents is 2. The molecule has 0 aliphatic heterocycles. The first kappa shape index (κ1) is 22.1. The summed E-state index contributed by atoms with van der Waals surface area (Å²) in [5, 5.41) is 24.6. The predicted molar refractivity (Wildman–Crippen MR) is 118 cm³/mol. The number of hydrogen-bond acceptors (Lipinski definition) is 7. The Morgan fingerprint density at radius 3 is 2.22 bits per heavy atom. The van der Waals surface area contributed by atoms with Crippen molar-refractivity contribution in [3.05, 3.63) is 103 Å². The summed E-state index contributed by atoms with van der Waals surface area (Å²) in [5.41, 5.74) is 7.18. The molecule has 0 aliphatic rings. The molecule has 3 aromatic carbocycles. The first-order chi connectivity index (χ1) is 15.2. The number of non-ortho nitro benzene ring substituents is 1. The van der Waals surface area contributed by atoms with Crippen LogP contribution in [0.5, 0.6) is 0 Å². The lowest BCUT2D eigenvalue weighted by Crippen LogP contribution is -2.14. The molecule has 162 valence electrons. The normalized spacial score (nSPS) is 10.4. The lowest BCUT2D eigenvalue weighted by molar-refractivity contribution is -0.394. The van der Waals surface area contributed by atoms with Crippen LogP contribution < -0.4 is 11.1 Å². The standard InChI is InChI=1S/C22H18N4O6/c1-13-2-4-14(5-3-13)21(27)10-15-6-7-16(11-19(15)23)24-22(28)18-9-8-17(25(29)30)12-20(18)26(31)32/h2-9,11-12H,10,23H2,1H3,(H,24,28). The zero-order valence-corrected chi connectivity index (χ0v) is 16.9. The molecule has 0 radical (unpaired) electrons. The number of anilines is 2. The fourth-order valence-electron chi connectivity index (χ4n) is 3.02. The second-order valence-electron chi connectivity index (χ2n) is 7.05. The van der Waals surface area contributed by atoms with Gasteiger partial charge in [0.15, 0.2) is 5.78 Å². The van der Waals surface area contributed by atoms with Gasteiger partial charge in [0.2, 0.25) is 0 Å². The number of benzene rings is 3. The average molecular weight is 434 g/mol. The molecule has 0 saturated heterocycles. The van der Waals surface area contributed by atoms with Gasteiger partial charge < -0.3 is 11.1 Å². The highest BCUT2D eigenvalue weighted by Crippen LogP contribution is 2.26. The third kappa shape index (κ3) is 4.93. The minimum atomic E-state index is -0.865. The molecule has 0 aromatic heterocycles. The molecule has 0 spiro atoms. The van der Waals surface area contributed by atoms with Crippen LogP contribution >= 0.6 is 0 Å². The van der Waals surface area contributed by atoms with Gasteiger partial charge in [-0.2, -0.15) is 0 Å². The van der Waals surface area contributed by atoms with Crippen LogP contribution in [0.3, 0.4) is 0 Å². The van der Waals surface area contributed by atoms with Crippen LogP contribution in [0.25, 0.3) is 0 Å². The topological polar surface area (TPSA) is 158 Å². The molecule has 0 aliphatic carbocycles. The maximum Gasteiger partial charge on any atom is 0.289 e. The molecule has 0 atom stereocenters. The first-order valence-electron chi connectivity index (χ1n) is 9.38. The van der Waals surface area contributed by atoms with Gasteiger partial charge in [-0.25, -0.2) is 0 Å². The van der Waals surface area contributed by atoms with Gasteiger partial charge in [-0.05, 0) is 30.7 Å². The van der Waals surface area contributed by atoms with Crippen molar-refractivity contribution in [2.75, 3.05) is 11.1 Å². The van der Waals surface area contributed by atoms with Crippen molar-refractivity contribution in [1.82, 2.24) is 0 Å². The maximum absolute atomic E-state index is 12.5. The van der Waals surface area contributed by atoms with Gasteiger partial charge in [0.25, 0.3) is 17.3 Å². The minimum absolute atomic E-state index is 0.0664. The summed E-state index contributed by atoms with van der Waals surface area (Å²) in [6, 6.07) is 14.4. The molecule has 10 heteroatoms. The van der Waals surface area contributed by atoms with E-state index in [1.807, 2.05) is 19.1 Å². The van der Waals surface area contributed by atoms with Crippen molar-refractivity contribution < 1.29 is 19.4 Å². The minimum Gasteiger partial charge on any atom is -0.398 e. The molecule has 1 amide bonds. The van der Waals surface area contributed by atoms with Gasteiger partial charge in [-0.1, -0.05) is 35.9 Å². The Morgan fingerprint density at radius 1 is 0.938 bits per heavy atom. The van der Waals surface area contributed by atoms with E-state index < -0.39 is 27.1 Å². The number of nitrogens with zero attached hydrogens (tertiary/aromatic N) is 2. The largest absolute Gasteiger partial charge is 0.398 e. The highest BCUT2D eigenvalue weighted by molar-refractivity contribution is 6.07. The molecule has 32 heavy (non-hydrogen) atoms. The smallest absolute Gasteiger partial charge is 0.289 e. The molecule has 3 aromatic rings. The predicted octanol–water partition coefficient (Wildman–Crippen LogP) is 4.07. The van der Waals surface area contributed by atoms with Crippen LogP contribution in [0.15, 0.2) is 60.7 Å². The highest BCUT2D eigenvalue weighted by atomic mass is 16.6. The zero-order chi connectivity index (χ0) is 23.4. The number of ketones is 1. The van der Waals surface area contributed by atoms with Gasteiger partial charge in [-0.3, -0.25) is 29.8 Å². The molecule has 0 fully saturated rings. The molecular formula is C22H18N4O6. The third-order valence-electron chi connectivity index (χ3n) is 4.76. The lowest BCUT2D eigenvalue weighted by Gasteiger charge is -2.10. The van der Waals surface area contributed by atoms with E-state index in [-0.39, 0.29) is 29.1 Å². The molecule has 3 rings (SSSR count). The highest BCUT2D eigenvalue weighted by Gasteiger charge is 2.24. The average Bonchev–Trinajstić information content (AvgIpc) is 2.75. The number of carbonyl (C=O) groups excluding carboxylic acids is 2. The molecular weight excluding hydrogens is 416 g/mol. The van der Waals surface area contributed by atoms with Gasteiger partial charge in [-0.15, -0.1) is 0 Å². The van der Waals surface area contributed by atoms with Gasteiger partial charge >= 0.3 is 0 Å². The van der Waals surface area contributed by atoms with Crippen LogP contribution in [0, 0.1) is 27.2 Å². The summed E-state index contributed by atoms with van der Waals surface area (Å²) in [4.78, 5) is 45.4.